The van der Waals surface area contributed by atoms with Gasteiger partial charge in [0.25, 0.3) is 0 Å². The zero-order valence-corrected chi connectivity index (χ0v) is 15.4. The average Bonchev–Trinajstić information content (AvgIpc) is 2.69. The summed E-state index contributed by atoms with van der Waals surface area (Å²) in [6.07, 6.45) is 3.53. The number of nitrogens with one attached hydrogen (secondary N) is 2. The Morgan fingerprint density at radius 2 is 1.81 bits per heavy atom. The number of benzene rings is 2. The van der Waals surface area contributed by atoms with Gasteiger partial charge in [0.15, 0.2) is 0 Å². The third-order valence-corrected chi connectivity index (χ3v) is 3.59. The van der Waals surface area contributed by atoms with Crippen LogP contribution in [0.1, 0.15) is 25.3 Å². The van der Waals surface area contributed by atoms with E-state index >= 15 is 0 Å². The Labute approximate surface area is 158 Å². The molecule has 0 spiro atoms. The zero-order chi connectivity index (χ0) is 19.5. The van der Waals surface area contributed by atoms with Crippen LogP contribution in [0.2, 0.25) is 0 Å². The van der Waals surface area contributed by atoms with Crippen LogP contribution in [-0.4, -0.2) is 31.7 Å². The monoisotopic (exact) mass is 369 g/mol. The molecule has 0 radical (unpaired) electrons. The minimum atomic E-state index is -0.878. The number of hydrazone groups is 1. The van der Waals surface area contributed by atoms with Gasteiger partial charge in [0, 0.05) is 0 Å². The van der Waals surface area contributed by atoms with Crippen molar-refractivity contribution < 1.29 is 19.1 Å². The van der Waals surface area contributed by atoms with Gasteiger partial charge in [-0.25, -0.2) is 5.43 Å². The molecule has 27 heavy (non-hydrogen) atoms. The van der Waals surface area contributed by atoms with Crippen molar-refractivity contribution in [1.82, 2.24) is 5.43 Å². The second-order valence-electron chi connectivity index (χ2n) is 5.62. The maximum absolute atomic E-state index is 11.9. The highest BCUT2D eigenvalue weighted by Gasteiger charge is 2.14. The SMILES string of the molecule is CCCCOc1ccc(C=NNC(=O)C(=O)Nc2ccccc2OC)cc1. The van der Waals surface area contributed by atoms with E-state index in [1.54, 1.807) is 24.3 Å². The Morgan fingerprint density at radius 1 is 1.07 bits per heavy atom. The van der Waals surface area contributed by atoms with E-state index in [0.29, 0.717) is 18.0 Å². The first-order chi connectivity index (χ1) is 13.1. The molecule has 2 rings (SSSR count). The molecule has 2 aromatic carbocycles. The Balaban J connectivity index is 1.84. The molecule has 7 heteroatoms. The smallest absolute Gasteiger partial charge is 0.329 e. The molecule has 7 nitrogen and oxygen atoms in total. The number of anilines is 1. The summed E-state index contributed by atoms with van der Waals surface area (Å²) in [5.74, 6) is -0.475. The fourth-order valence-electron chi connectivity index (χ4n) is 2.13. The largest absolute Gasteiger partial charge is 0.495 e. The van der Waals surface area contributed by atoms with Gasteiger partial charge in [0.2, 0.25) is 0 Å². The number of unbranched alkanes of at least 4 members (excludes halogenated alkanes) is 1. The summed E-state index contributed by atoms with van der Waals surface area (Å²) in [6.45, 7) is 2.79. The number of ether oxygens (including phenoxy) is 2. The number of carbonyl (C=O) groups is 2. The van der Waals surface area contributed by atoms with E-state index < -0.39 is 11.8 Å². The summed E-state index contributed by atoms with van der Waals surface area (Å²) >= 11 is 0. The van der Waals surface area contributed by atoms with Crippen molar-refractivity contribution in [1.29, 1.82) is 0 Å². The number of hydrogen-bond donors (Lipinski definition) is 2. The predicted molar refractivity (Wildman–Crippen MR) is 104 cm³/mol. The number of rotatable bonds is 8. The van der Waals surface area contributed by atoms with E-state index in [4.69, 9.17) is 9.47 Å². The fourth-order valence-corrected chi connectivity index (χ4v) is 2.13. The first-order valence-corrected chi connectivity index (χ1v) is 8.64. The molecule has 0 aromatic heterocycles. The molecule has 2 amide bonds. The molecule has 2 N–H and O–H groups in total. The van der Waals surface area contributed by atoms with Gasteiger partial charge >= 0.3 is 11.8 Å². The van der Waals surface area contributed by atoms with E-state index in [-0.39, 0.29) is 0 Å². The van der Waals surface area contributed by atoms with Crippen LogP contribution in [0.15, 0.2) is 53.6 Å². The topological polar surface area (TPSA) is 89.0 Å². The summed E-state index contributed by atoms with van der Waals surface area (Å²) in [5, 5.41) is 6.27. The van der Waals surface area contributed by atoms with Crippen molar-refractivity contribution in [3.63, 3.8) is 0 Å². The molecule has 0 fully saturated rings. The number of carbonyl (C=O) groups excluding carboxylic acids is 2. The van der Waals surface area contributed by atoms with Crippen LogP contribution >= 0.6 is 0 Å². The lowest BCUT2D eigenvalue weighted by Crippen LogP contribution is -2.32. The number of nitrogens with zero attached hydrogens (tertiary/aromatic N) is 1. The van der Waals surface area contributed by atoms with Gasteiger partial charge in [-0.05, 0) is 48.4 Å². The van der Waals surface area contributed by atoms with Crippen LogP contribution in [-0.2, 0) is 9.59 Å². The Hall–Kier alpha value is -3.35. The number of para-hydroxylation sites is 2. The normalized spacial score (nSPS) is 10.4. The van der Waals surface area contributed by atoms with Gasteiger partial charge in [-0.1, -0.05) is 25.5 Å². The quantitative estimate of drug-likeness (QED) is 0.324. The second-order valence-corrected chi connectivity index (χ2v) is 5.62. The third-order valence-electron chi connectivity index (χ3n) is 3.59. The Kier molecular flexibility index (Phi) is 7.84. The number of methoxy groups -OCH3 is 1. The van der Waals surface area contributed by atoms with E-state index in [1.807, 2.05) is 24.3 Å². The molecule has 0 aliphatic rings. The van der Waals surface area contributed by atoms with Gasteiger partial charge in [-0.15, -0.1) is 0 Å². The summed E-state index contributed by atoms with van der Waals surface area (Å²) in [6, 6.07) is 14.1. The summed E-state index contributed by atoms with van der Waals surface area (Å²) in [4.78, 5) is 23.8. The van der Waals surface area contributed by atoms with Crippen LogP contribution < -0.4 is 20.2 Å². The first-order valence-electron chi connectivity index (χ1n) is 8.64. The summed E-state index contributed by atoms with van der Waals surface area (Å²) < 4.78 is 10.7. The predicted octanol–water partition coefficient (Wildman–Crippen LogP) is 2.96. The van der Waals surface area contributed by atoms with Crippen LogP contribution in [0.25, 0.3) is 0 Å². The maximum atomic E-state index is 11.9. The molecule has 0 aliphatic carbocycles. The van der Waals surface area contributed by atoms with Gasteiger partial charge in [0.05, 0.1) is 25.6 Å². The van der Waals surface area contributed by atoms with Crippen molar-refractivity contribution >= 4 is 23.7 Å². The fraction of sp³-hybridized carbons (Fsp3) is 0.250. The van der Waals surface area contributed by atoms with Crippen molar-refractivity contribution in [2.45, 2.75) is 19.8 Å². The van der Waals surface area contributed by atoms with Gasteiger partial charge < -0.3 is 14.8 Å². The van der Waals surface area contributed by atoms with Gasteiger partial charge in [0.1, 0.15) is 11.5 Å². The lowest BCUT2D eigenvalue weighted by atomic mass is 10.2. The van der Waals surface area contributed by atoms with Crippen LogP contribution in [0.4, 0.5) is 5.69 Å². The van der Waals surface area contributed by atoms with Gasteiger partial charge in [-0.2, -0.15) is 5.10 Å². The molecule has 0 heterocycles. The summed E-state index contributed by atoms with van der Waals surface area (Å²) in [5.41, 5.74) is 3.36. The van der Waals surface area contributed by atoms with E-state index in [2.05, 4.69) is 22.8 Å². The first kappa shape index (κ1) is 20.0. The second kappa shape index (κ2) is 10.6. The highest BCUT2D eigenvalue weighted by molar-refractivity contribution is 6.39. The maximum Gasteiger partial charge on any atom is 0.329 e. The van der Waals surface area contributed by atoms with Crippen molar-refractivity contribution in [2.24, 2.45) is 5.10 Å². The molecule has 0 atom stereocenters. The Morgan fingerprint density at radius 3 is 2.52 bits per heavy atom. The highest BCUT2D eigenvalue weighted by Crippen LogP contribution is 2.22. The molecule has 0 unspecified atom stereocenters. The minimum Gasteiger partial charge on any atom is -0.495 e. The third kappa shape index (κ3) is 6.47. The molecule has 142 valence electrons. The molecule has 0 bridgehead atoms. The number of amides is 2. The molecule has 0 saturated heterocycles. The van der Waals surface area contributed by atoms with Crippen LogP contribution in [0.3, 0.4) is 0 Å². The lowest BCUT2D eigenvalue weighted by molar-refractivity contribution is -0.136. The summed E-state index contributed by atoms with van der Waals surface area (Å²) in [7, 11) is 1.48. The average molecular weight is 369 g/mol. The van der Waals surface area contributed by atoms with Gasteiger partial charge in [-0.3, -0.25) is 9.59 Å². The van der Waals surface area contributed by atoms with E-state index in [9.17, 15) is 9.59 Å². The van der Waals surface area contributed by atoms with Crippen LogP contribution in [0, 0.1) is 0 Å². The molecule has 0 aliphatic heterocycles. The lowest BCUT2D eigenvalue weighted by Gasteiger charge is -2.08. The molecular weight excluding hydrogens is 346 g/mol. The van der Waals surface area contributed by atoms with Crippen molar-refractivity contribution in [3.8, 4) is 11.5 Å². The van der Waals surface area contributed by atoms with E-state index in [1.165, 1.54) is 13.3 Å². The Bertz CT molecular complexity index is 788. The van der Waals surface area contributed by atoms with Crippen molar-refractivity contribution in [3.05, 3.63) is 54.1 Å². The molecular formula is C20H23N3O4. The highest BCUT2D eigenvalue weighted by atomic mass is 16.5. The van der Waals surface area contributed by atoms with Crippen LogP contribution in [0.5, 0.6) is 11.5 Å². The van der Waals surface area contributed by atoms with Crippen molar-refractivity contribution in [2.75, 3.05) is 19.0 Å². The molecule has 0 saturated carbocycles. The zero-order valence-electron chi connectivity index (χ0n) is 15.4. The molecule has 2 aromatic rings. The standard InChI is InChI=1S/C20H23N3O4/c1-3-4-13-27-16-11-9-15(10-12-16)14-21-23-20(25)19(24)22-17-7-5-6-8-18(17)26-2/h5-12,14H,3-4,13H2,1-2H3,(H,22,24)(H,23,25). The van der Waals surface area contributed by atoms with E-state index in [0.717, 1.165) is 24.2 Å². The minimum absolute atomic E-state index is 0.405. The number of hydrogen-bond acceptors (Lipinski definition) is 5.